The molecule has 27 heavy (non-hydrogen) atoms. The van der Waals surface area contributed by atoms with Crippen LogP contribution in [-0.4, -0.2) is 54.9 Å². The second-order valence-electron chi connectivity index (χ2n) is 7.14. The smallest absolute Gasteiger partial charge is 0.255 e. The topological polar surface area (TPSA) is 87.7 Å². The van der Waals surface area contributed by atoms with Crippen molar-refractivity contribution in [3.63, 3.8) is 0 Å². The molecular weight excluding hydrogens is 346 g/mol. The maximum atomic E-state index is 12.4. The Kier molecular flexibility index (Phi) is 6.32. The Morgan fingerprint density at radius 2 is 2.15 bits per heavy atom. The molecule has 0 unspecified atom stereocenters. The van der Waals surface area contributed by atoms with E-state index >= 15 is 0 Å². The first-order valence-electron chi connectivity index (χ1n) is 9.64. The van der Waals surface area contributed by atoms with Crippen LogP contribution in [0.3, 0.4) is 0 Å². The van der Waals surface area contributed by atoms with Crippen LogP contribution in [0.5, 0.6) is 5.75 Å². The monoisotopic (exact) mass is 373 g/mol. The molecule has 146 valence electrons. The Balaban J connectivity index is 1.36. The van der Waals surface area contributed by atoms with E-state index in [2.05, 4.69) is 10.6 Å². The van der Waals surface area contributed by atoms with Gasteiger partial charge in [0.1, 0.15) is 5.75 Å². The van der Waals surface area contributed by atoms with Crippen molar-refractivity contribution in [2.24, 2.45) is 0 Å². The molecule has 1 atom stereocenters. The van der Waals surface area contributed by atoms with Crippen molar-refractivity contribution in [3.8, 4) is 5.75 Å². The summed E-state index contributed by atoms with van der Waals surface area (Å²) in [7, 11) is 0. The van der Waals surface area contributed by atoms with Gasteiger partial charge in [0.15, 0.2) is 0 Å². The SMILES string of the molecule is C[C@@H](CCNC(=O)c1cccc2c1OCC2)NC(=O)CCN1CCCC1=O. The zero-order valence-corrected chi connectivity index (χ0v) is 15.8. The minimum absolute atomic E-state index is 0.0511. The lowest BCUT2D eigenvalue weighted by Gasteiger charge is -2.17. The van der Waals surface area contributed by atoms with Crippen molar-refractivity contribution in [1.29, 1.82) is 0 Å². The maximum Gasteiger partial charge on any atom is 0.255 e. The lowest BCUT2D eigenvalue weighted by molar-refractivity contribution is -0.128. The average molecular weight is 373 g/mol. The molecule has 0 spiro atoms. The minimum atomic E-state index is -0.153. The highest BCUT2D eigenvalue weighted by molar-refractivity contribution is 5.97. The number of carbonyl (C=O) groups excluding carboxylic acids is 3. The third-order valence-corrected chi connectivity index (χ3v) is 5.01. The molecule has 2 N–H and O–H groups in total. The summed E-state index contributed by atoms with van der Waals surface area (Å²) in [6.07, 6.45) is 3.26. The minimum Gasteiger partial charge on any atom is -0.492 e. The van der Waals surface area contributed by atoms with Crippen LogP contribution in [0.2, 0.25) is 0 Å². The number of rotatable bonds is 8. The number of hydrogen-bond acceptors (Lipinski definition) is 4. The van der Waals surface area contributed by atoms with Gasteiger partial charge in [-0.25, -0.2) is 0 Å². The van der Waals surface area contributed by atoms with Crippen molar-refractivity contribution in [1.82, 2.24) is 15.5 Å². The van der Waals surface area contributed by atoms with E-state index in [9.17, 15) is 14.4 Å². The van der Waals surface area contributed by atoms with E-state index in [1.54, 1.807) is 11.0 Å². The zero-order valence-electron chi connectivity index (χ0n) is 15.8. The van der Waals surface area contributed by atoms with Crippen LogP contribution in [0.4, 0.5) is 0 Å². The molecule has 2 aliphatic rings. The first-order valence-corrected chi connectivity index (χ1v) is 9.64. The van der Waals surface area contributed by atoms with Gasteiger partial charge in [0.25, 0.3) is 5.91 Å². The Hall–Kier alpha value is -2.57. The molecule has 3 rings (SSSR count). The number of nitrogens with zero attached hydrogens (tertiary/aromatic N) is 1. The summed E-state index contributed by atoms with van der Waals surface area (Å²) in [6, 6.07) is 5.57. The number of likely N-dealkylation sites (tertiary alicyclic amines) is 1. The molecule has 0 radical (unpaired) electrons. The number of nitrogens with one attached hydrogen (secondary N) is 2. The normalized spacial score (nSPS) is 16.6. The Bertz CT molecular complexity index is 719. The molecule has 2 aliphatic heterocycles. The second-order valence-corrected chi connectivity index (χ2v) is 7.14. The van der Waals surface area contributed by atoms with Gasteiger partial charge in [-0.3, -0.25) is 14.4 Å². The molecule has 3 amide bonds. The van der Waals surface area contributed by atoms with E-state index in [0.717, 1.165) is 24.9 Å². The van der Waals surface area contributed by atoms with E-state index in [0.29, 0.717) is 50.3 Å². The van der Waals surface area contributed by atoms with Gasteiger partial charge in [0.05, 0.1) is 12.2 Å². The van der Waals surface area contributed by atoms with Gasteiger partial charge in [-0.05, 0) is 31.4 Å². The molecular formula is C20H27N3O4. The summed E-state index contributed by atoms with van der Waals surface area (Å²) in [4.78, 5) is 37.7. The summed E-state index contributed by atoms with van der Waals surface area (Å²) in [5.41, 5.74) is 1.64. The van der Waals surface area contributed by atoms with Crippen LogP contribution < -0.4 is 15.4 Å². The molecule has 2 heterocycles. The van der Waals surface area contributed by atoms with Gasteiger partial charge >= 0.3 is 0 Å². The van der Waals surface area contributed by atoms with Crippen LogP contribution in [-0.2, 0) is 16.0 Å². The van der Waals surface area contributed by atoms with Gasteiger partial charge in [0, 0.05) is 44.9 Å². The Labute approximate surface area is 159 Å². The first-order chi connectivity index (χ1) is 13.0. The van der Waals surface area contributed by atoms with Crippen LogP contribution in [0.25, 0.3) is 0 Å². The summed E-state index contributed by atoms with van der Waals surface area (Å²) in [6.45, 7) is 4.22. The highest BCUT2D eigenvalue weighted by Crippen LogP contribution is 2.29. The first kappa shape index (κ1) is 19.2. The molecule has 0 aromatic heterocycles. The quantitative estimate of drug-likeness (QED) is 0.718. The number of hydrogen-bond donors (Lipinski definition) is 2. The third-order valence-electron chi connectivity index (χ3n) is 5.01. The van der Waals surface area contributed by atoms with Crippen LogP contribution in [0.15, 0.2) is 18.2 Å². The van der Waals surface area contributed by atoms with E-state index in [1.165, 1.54) is 0 Å². The van der Waals surface area contributed by atoms with Gasteiger partial charge in [-0.15, -0.1) is 0 Å². The van der Waals surface area contributed by atoms with Gasteiger partial charge in [-0.1, -0.05) is 12.1 Å². The average Bonchev–Trinajstić information content (AvgIpc) is 3.28. The molecule has 0 bridgehead atoms. The summed E-state index contributed by atoms with van der Waals surface area (Å²) < 4.78 is 5.56. The zero-order chi connectivity index (χ0) is 19.2. The number of ether oxygens (including phenoxy) is 1. The van der Waals surface area contributed by atoms with Crippen molar-refractivity contribution in [2.45, 2.75) is 45.1 Å². The predicted molar refractivity (Wildman–Crippen MR) is 101 cm³/mol. The van der Waals surface area contributed by atoms with Gasteiger partial charge in [0.2, 0.25) is 11.8 Å². The number of benzene rings is 1. The van der Waals surface area contributed by atoms with Crippen LogP contribution in [0.1, 0.15) is 48.5 Å². The fourth-order valence-electron chi connectivity index (χ4n) is 3.49. The lowest BCUT2D eigenvalue weighted by Crippen LogP contribution is -2.38. The van der Waals surface area contributed by atoms with Crippen molar-refractivity contribution >= 4 is 17.7 Å². The Morgan fingerprint density at radius 1 is 1.30 bits per heavy atom. The second kappa shape index (κ2) is 8.88. The van der Waals surface area contributed by atoms with E-state index in [-0.39, 0.29) is 23.8 Å². The largest absolute Gasteiger partial charge is 0.492 e. The highest BCUT2D eigenvalue weighted by Gasteiger charge is 2.21. The van der Waals surface area contributed by atoms with Crippen molar-refractivity contribution in [2.75, 3.05) is 26.2 Å². The van der Waals surface area contributed by atoms with E-state index in [4.69, 9.17) is 4.74 Å². The van der Waals surface area contributed by atoms with Gasteiger partial charge in [-0.2, -0.15) is 0 Å². The fraction of sp³-hybridized carbons (Fsp3) is 0.550. The van der Waals surface area contributed by atoms with Crippen LogP contribution >= 0.6 is 0 Å². The Morgan fingerprint density at radius 3 is 2.93 bits per heavy atom. The number of amides is 3. The van der Waals surface area contributed by atoms with E-state index < -0.39 is 0 Å². The molecule has 7 nitrogen and oxygen atoms in total. The number of para-hydroxylation sites is 1. The van der Waals surface area contributed by atoms with Crippen molar-refractivity contribution < 1.29 is 19.1 Å². The molecule has 0 aliphatic carbocycles. The predicted octanol–water partition coefficient (Wildman–Crippen LogP) is 1.26. The molecule has 7 heteroatoms. The molecule has 1 aromatic rings. The number of carbonyl (C=O) groups is 3. The van der Waals surface area contributed by atoms with Gasteiger partial charge < -0.3 is 20.3 Å². The van der Waals surface area contributed by atoms with Crippen LogP contribution in [0, 0.1) is 0 Å². The third kappa shape index (κ3) is 4.99. The molecule has 1 aromatic carbocycles. The summed E-state index contributed by atoms with van der Waals surface area (Å²) in [5, 5.41) is 5.81. The highest BCUT2D eigenvalue weighted by atomic mass is 16.5. The standard InChI is InChI=1S/C20H27N3O4/c1-14(22-17(24)8-12-23-11-3-6-18(23)25)7-10-21-20(26)16-5-2-4-15-9-13-27-19(15)16/h2,4-5,14H,3,6-13H2,1H3,(H,21,26)(H,22,24)/t14-/m0/s1. The summed E-state index contributed by atoms with van der Waals surface area (Å²) >= 11 is 0. The molecule has 1 fully saturated rings. The summed E-state index contributed by atoms with van der Waals surface area (Å²) in [5.74, 6) is 0.602. The fourth-order valence-corrected chi connectivity index (χ4v) is 3.49. The van der Waals surface area contributed by atoms with Crippen molar-refractivity contribution in [3.05, 3.63) is 29.3 Å². The maximum absolute atomic E-state index is 12.4. The molecule has 0 saturated carbocycles. The van der Waals surface area contributed by atoms with E-state index in [1.807, 2.05) is 19.1 Å². The number of fused-ring (bicyclic) bond motifs is 1. The molecule has 1 saturated heterocycles. The lowest BCUT2D eigenvalue weighted by atomic mass is 10.1.